The van der Waals surface area contributed by atoms with Gasteiger partial charge in [-0.2, -0.15) is 5.10 Å². The van der Waals surface area contributed by atoms with E-state index in [1.165, 1.54) is 0 Å². The Morgan fingerprint density at radius 1 is 1.12 bits per heavy atom. The lowest BCUT2D eigenvalue weighted by molar-refractivity contribution is 0.0667. The number of methoxy groups -OCH3 is 1. The number of carbonyl (C=O) groups excluding carboxylic acids is 1. The highest BCUT2D eigenvalue weighted by Gasteiger charge is 2.28. The Morgan fingerprint density at radius 2 is 1.85 bits per heavy atom. The number of carbonyl (C=O) groups is 1. The van der Waals surface area contributed by atoms with E-state index in [0.29, 0.717) is 29.8 Å². The molecule has 4 rings (SSSR count). The van der Waals surface area contributed by atoms with E-state index in [2.05, 4.69) is 37.9 Å². The molecule has 0 unspecified atom stereocenters. The third kappa shape index (κ3) is 5.68. The summed E-state index contributed by atoms with van der Waals surface area (Å²) in [5, 5.41) is 4.85. The highest BCUT2D eigenvalue weighted by molar-refractivity contribution is 6.00. The summed E-state index contributed by atoms with van der Waals surface area (Å²) in [5.74, 6) is 1.45. The minimum Gasteiger partial charge on any atom is -0.497 e. The normalized spacial score (nSPS) is 14.7. The van der Waals surface area contributed by atoms with Crippen molar-refractivity contribution in [3.63, 3.8) is 0 Å². The maximum atomic E-state index is 13.7. The van der Waals surface area contributed by atoms with Crippen molar-refractivity contribution in [1.82, 2.24) is 19.6 Å². The molecular formula is C28H36N4O2. The molecule has 6 heteroatoms. The lowest BCUT2D eigenvalue weighted by atomic mass is 9.95. The third-order valence-electron chi connectivity index (χ3n) is 6.85. The Kier molecular flexibility index (Phi) is 7.68. The van der Waals surface area contributed by atoms with Crippen LogP contribution in [0.25, 0.3) is 11.3 Å². The molecule has 1 aliphatic heterocycles. The van der Waals surface area contributed by atoms with Gasteiger partial charge in [-0.15, -0.1) is 0 Å². The maximum absolute atomic E-state index is 13.7. The number of benzene rings is 2. The molecule has 3 aromatic rings. The summed E-state index contributed by atoms with van der Waals surface area (Å²) in [5.41, 5.74) is 3.41. The molecule has 0 bridgehead atoms. The van der Waals surface area contributed by atoms with Crippen LogP contribution >= 0.6 is 0 Å². The van der Waals surface area contributed by atoms with Gasteiger partial charge in [0.1, 0.15) is 11.4 Å². The Hall–Kier alpha value is -3.12. The van der Waals surface area contributed by atoms with Gasteiger partial charge in [0.2, 0.25) is 0 Å². The predicted octanol–water partition coefficient (Wildman–Crippen LogP) is 4.80. The van der Waals surface area contributed by atoms with E-state index in [0.717, 1.165) is 49.4 Å². The summed E-state index contributed by atoms with van der Waals surface area (Å²) >= 11 is 0. The van der Waals surface area contributed by atoms with Crippen LogP contribution in [-0.4, -0.2) is 65.3 Å². The summed E-state index contributed by atoms with van der Waals surface area (Å²) in [6.45, 7) is 7.74. The SMILES string of the molecule is COc1cccc(-c2nn(Cc3ccccc3)cc2C(=O)N2CCC(CN(C)C(C)C)CC2)c1. The van der Waals surface area contributed by atoms with Crippen LogP contribution in [0.4, 0.5) is 0 Å². The fourth-order valence-electron chi connectivity index (χ4n) is 4.52. The summed E-state index contributed by atoms with van der Waals surface area (Å²) in [6.07, 6.45) is 3.98. The molecule has 180 valence electrons. The molecule has 1 aromatic heterocycles. The summed E-state index contributed by atoms with van der Waals surface area (Å²) in [7, 11) is 3.84. The second kappa shape index (κ2) is 10.9. The quantitative estimate of drug-likeness (QED) is 0.485. The smallest absolute Gasteiger partial charge is 0.257 e. The van der Waals surface area contributed by atoms with Crippen molar-refractivity contribution in [2.24, 2.45) is 5.92 Å². The zero-order valence-corrected chi connectivity index (χ0v) is 20.8. The zero-order chi connectivity index (χ0) is 24.1. The first kappa shape index (κ1) is 24.0. The lowest BCUT2D eigenvalue weighted by Crippen LogP contribution is -2.42. The third-order valence-corrected chi connectivity index (χ3v) is 6.85. The van der Waals surface area contributed by atoms with Gasteiger partial charge in [0.15, 0.2) is 0 Å². The van der Waals surface area contributed by atoms with Crippen LogP contribution in [0.1, 0.15) is 42.6 Å². The monoisotopic (exact) mass is 460 g/mol. The van der Waals surface area contributed by atoms with Crippen molar-refractivity contribution in [1.29, 1.82) is 0 Å². The van der Waals surface area contributed by atoms with Crippen molar-refractivity contribution in [2.45, 2.75) is 39.3 Å². The van der Waals surface area contributed by atoms with E-state index in [1.54, 1.807) is 7.11 Å². The number of ether oxygens (including phenoxy) is 1. The summed E-state index contributed by atoms with van der Waals surface area (Å²) < 4.78 is 7.30. The number of hydrogen-bond acceptors (Lipinski definition) is 4. The Balaban J connectivity index is 1.56. The topological polar surface area (TPSA) is 50.6 Å². The van der Waals surface area contributed by atoms with Crippen molar-refractivity contribution in [3.05, 3.63) is 71.9 Å². The number of rotatable bonds is 8. The first-order valence-corrected chi connectivity index (χ1v) is 12.2. The second-order valence-electron chi connectivity index (χ2n) is 9.58. The maximum Gasteiger partial charge on any atom is 0.257 e. The van der Waals surface area contributed by atoms with Gasteiger partial charge in [0.25, 0.3) is 5.91 Å². The van der Waals surface area contributed by atoms with Gasteiger partial charge in [-0.1, -0.05) is 42.5 Å². The number of hydrogen-bond donors (Lipinski definition) is 0. The van der Waals surface area contributed by atoms with Crippen molar-refractivity contribution in [2.75, 3.05) is 33.8 Å². The molecule has 1 fully saturated rings. The molecule has 2 heterocycles. The molecule has 0 saturated carbocycles. The molecule has 1 amide bonds. The average Bonchev–Trinajstić information content (AvgIpc) is 3.28. The molecule has 0 spiro atoms. The Labute approximate surface area is 203 Å². The Morgan fingerprint density at radius 3 is 2.53 bits per heavy atom. The number of likely N-dealkylation sites (tertiary alicyclic amines) is 1. The van der Waals surface area contributed by atoms with Crippen LogP contribution in [0, 0.1) is 5.92 Å². The minimum absolute atomic E-state index is 0.0628. The van der Waals surface area contributed by atoms with Gasteiger partial charge in [-0.3, -0.25) is 9.48 Å². The lowest BCUT2D eigenvalue weighted by Gasteiger charge is -2.35. The first-order chi connectivity index (χ1) is 16.4. The average molecular weight is 461 g/mol. The van der Waals surface area contributed by atoms with Crippen LogP contribution < -0.4 is 4.74 Å². The number of amides is 1. The van der Waals surface area contributed by atoms with E-state index in [-0.39, 0.29) is 5.91 Å². The van der Waals surface area contributed by atoms with Crippen LogP contribution in [0.5, 0.6) is 5.75 Å². The Bertz CT molecular complexity index is 1080. The van der Waals surface area contributed by atoms with Gasteiger partial charge in [0.05, 0.1) is 19.2 Å². The van der Waals surface area contributed by atoms with Gasteiger partial charge in [0, 0.05) is 37.4 Å². The molecular weight excluding hydrogens is 424 g/mol. The first-order valence-electron chi connectivity index (χ1n) is 12.2. The molecule has 1 saturated heterocycles. The predicted molar refractivity (Wildman–Crippen MR) is 136 cm³/mol. The van der Waals surface area contributed by atoms with Crippen LogP contribution in [-0.2, 0) is 6.54 Å². The second-order valence-corrected chi connectivity index (χ2v) is 9.58. The van der Waals surface area contributed by atoms with E-state index < -0.39 is 0 Å². The van der Waals surface area contributed by atoms with Gasteiger partial charge in [-0.05, 0) is 57.4 Å². The van der Waals surface area contributed by atoms with Crippen LogP contribution in [0.2, 0.25) is 0 Å². The molecule has 0 aliphatic carbocycles. The molecule has 1 aliphatic rings. The van der Waals surface area contributed by atoms with Crippen LogP contribution in [0.15, 0.2) is 60.8 Å². The van der Waals surface area contributed by atoms with Crippen molar-refractivity contribution < 1.29 is 9.53 Å². The molecule has 0 radical (unpaired) electrons. The summed E-state index contributed by atoms with van der Waals surface area (Å²) in [6, 6.07) is 18.5. The number of piperidine rings is 1. The molecule has 2 aromatic carbocycles. The van der Waals surface area contributed by atoms with E-state index >= 15 is 0 Å². The molecule has 0 N–H and O–H groups in total. The minimum atomic E-state index is 0.0628. The molecule has 6 nitrogen and oxygen atoms in total. The highest BCUT2D eigenvalue weighted by Crippen LogP contribution is 2.28. The van der Waals surface area contributed by atoms with Gasteiger partial charge in [-0.25, -0.2) is 0 Å². The van der Waals surface area contributed by atoms with E-state index in [9.17, 15) is 4.79 Å². The zero-order valence-electron chi connectivity index (χ0n) is 20.8. The van der Waals surface area contributed by atoms with Crippen LogP contribution in [0.3, 0.4) is 0 Å². The standard InChI is InChI=1S/C28H36N4O2/c1-21(2)30(3)18-23-13-15-31(16-14-23)28(33)26-20-32(19-22-9-6-5-7-10-22)29-27(26)24-11-8-12-25(17-24)34-4/h5-12,17,20-21,23H,13-16,18-19H2,1-4H3. The fourth-order valence-corrected chi connectivity index (χ4v) is 4.52. The fraction of sp³-hybridized carbons (Fsp3) is 0.429. The van der Waals surface area contributed by atoms with Crippen molar-refractivity contribution >= 4 is 5.91 Å². The van der Waals surface area contributed by atoms with Gasteiger partial charge >= 0.3 is 0 Å². The number of nitrogens with zero attached hydrogens (tertiary/aromatic N) is 4. The van der Waals surface area contributed by atoms with Crippen molar-refractivity contribution in [3.8, 4) is 17.0 Å². The number of aromatic nitrogens is 2. The largest absolute Gasteiger partial charge is 0.497 e. The van der Waals surface area contributed by atoms with E-state index in [4.69, 9.17) is 9.84 Å². The van der Waals surface area contributed by atoms with E-state index in [1.807, 2.05) is 58.2 Å². The summed E-state index contributed by atoms with van der Waals surface area (Å²) in [4.78, 5) is 18.1. The highest BCUT2D eigenvalue weighted by atomic mass is 16.5. The van der Waals surface area contributed by atoms with Gasteiger partial charge < -0.3 is 14.5 Å². The molecule has 0 atom stereocenters. The molecule has 34 heavy (non-hydrogen) atoms.